The minimum atomic E-state index is 0.440. The molecular weight excluding hydrogens is 218 g/mol. The first-order chi connectivity index (χ1) is 6.79. The second-order valence-electron chi connectivity index (χ2n) is 3.33. The van der Waals surface area contributed by atoms with E-state index in [9.17, 15) is 0 Å². The second kappa shape index (κ2) is 4.36. The summed E-state index contributed by atoms with van der Waals surface area (Å²) >= 11 is 7.64. The van der Waals surface area contributed by atoms with Crippen molar-refractivity contribution in [1.29, 1.82) is 0 Å². The van der Waals surface area contributed by atoms with Gasteiger partial charge < -0.3 is 5.32 Å². The van der Waals surface area contributed by atoms with E-state index in [1.807, 2.05) is 11.8 Å². The summed E-state index contributed by atoms with van der Waals surface area (Å²) in [7, 11) is 0. The van der Waals surface area contributed by atoms with Gasteiger partial charge in [-0.25, -0.2) is 4.98 Å². The lowest BCUT2D eigenvalue weighted by atomic mass is 9.92. The van der Waals surface area contributed by atoms with Crippen LogP contribution in [-0.2, 0) is 0 Å². The van der Waals surface area contributed by atoms with E-state index in [2.05, 4.69) is 21.5 Å². The quantitative estimate of drug-likeness (QED) is 0.864. The SMILES string of the molecule is CSC1CCC1Nc1cncc(Cl)n1. The Morgan fingerprint density at radius 2 is 2.36 bits per heavy atom. The van der Waals surface area contributed by atoms with Crippen molar-refractivity contribution in [3.05, 3.63) is 17.5 Å². The van der Waals surface area contributed by atoms with E-state index in [1.54, 1.807) is 12.4 Å². The first-order valence-corrected chi connectivity index (χ1v) is 6.23. The summed E-state index contributed by atoms with van der Waals surface area (Å²) in [5.41, 5.74) is 0. The van der Waals surface area contributed by atoms with Crippen LogP contribution in [0, 0.1) is 0 Å². The largest absolute Gasteiger partial charge is 0.365 e. The lowest BCUT2D eigenvalue weighted by molar-refractivity contribution is 0.461. The molecule has 0 aliphatic heterocycles. The van der Waals surface area contributed by atoms with Crippen LogP contribution < -0.4 is 5.32 Å². The normalized spacial score (nSPS) is 25.6. The molecule has 1 aliphatic rings. The minimum absolute atomic E-state index is 0.440. The van der Waals surface area contributed by atoms with Crippen molar-refractivity contribution in [2.24, 2.45) is 0 Å². The van der Waals surface area contributed by atoms with Gasteiger partial charge in [0.15, 0.2) is 0 Å². The van der Waals surface area contributed by atoms with E-state index in [0.717, 1.165) is 5.82 Å². The van der Waals surface area contributed by atoms with Crippen molar-refractivity contribution in [3.8, 4) is 0 Å². The average Bonchev–Trinajstić information content (AvgIpc) is 2.14. The predicted octanol–water partition coefficient (Wildman–Crippen LogP) is 2.44. The third-order valence-corrected chi connectivity index (χ3v) is 3.80. The first kappa shape index (κ1) is 10.1. The monoisotopic (exact) mass is 229 g/mol. The average molecular weight is 230 g/mol. The van der Waals surface area contributed by atoms with Crippen LogP contribution in [0.15, 0.2) is 12.4 Å². The highest BCUT2D eigenvalue weighted by molar-refractivity contribution is 7.99. The van der Waals surface area contributed by atoms with Gasteiger partial charge in [-0.05, 0) is 19.1 Å². The van der Waals surface area contributed by atoms with Gasteiger partial charge in [-0.2, -0.15) is 11.8 Å². The molecule has 1 fully saturated rings. The predicted molar refractivity (Wildman–Crippen MR) is 61.0 cm³/mol. The van der Waals surface area contributed by atoms with Gasteiger partial charge in [0.2, 0.25) is 0 Å². The number of thioether (sulfide) groups is 1. The lowest BCUT2D eigenvalue weighted by Gasteiger charge is -2.36. The number of rotatable bonds is 3. The molecule has 1 heterocycles. The number of nitrogens with zero attached hydrogens (tertiary/aromatic N) is 2. The Hall–Kier alpha value is -0.480. The molecule has 5 heteroatoms. The van der Waals surface area contributed by atoms with Gasteiger partial charge in [0.25, 0.3) is 0 Å². The van der Waals surface area contributed by atoms with Gasteiger partial charge in [0.05, 0.1) is 12.4 Å². The summed E-state index contributed by atoms with van der Waals surface area (Å²) in [4.78, 5) is 8.13. The first-order valence-electron chi connectivity index (χ1n) is 4.56. The number of anilines is 1. The van der Waals surface area contributed by atoms with Gasteiger partial charge in [-0.15, -0.1) is 0 Å². The number of hydrogen-bond donors (Lipinski definition) is 1. The van der Waals surface area contributed by atoms with E-state index in [1.165, 1.54) is 12.8 Å². The van der Waals surface area contributed by atoms with Crippen LogP contribution in [0.4, 0.5) is 5.82 Å². The van der Waals surface area contributed by atoms with Crippen LogP contribution in [0.3, 0.4) is 0 Å². The molecule has 76 valence electrons. The molecule has 0 amide bonds. The molecule has 3 nitrogen and oxygen atoms in total. The molecule has 0 spiro atoms. The summed E-state index contributed by atoms with van der Waals surface area (Å²) in [5.74, 6) is 0.779. The van der Waals surface area contributed by atoms with Gasteiger partial charge >= 0.3 is 0 Å². The maximum atomic E-state index is 5.74. The Bertz CT molecular complexity index is 319. The zero-order valence-corrected chi connectivity index (χ0v) is 9.48. The van der Waals surface area contributed by atoms with Crippen molar-refractivity contribution < 1.29 is 0 Å². The Balaban J connectivity index is 1.97. The minimum Gasteiger partial charge on any atom is -0.365 e. The van der Waals surface area contributed by atoms with E-state index >= 15 is 0 Å². The summed E-state index contributed by atoms with van der Waals surface area (Å²) in [6.07, 6.45) is 7.88. The fourth-order valence-corrected chi connectivity index (χ4v) is 2.57. The van der Waals surface area contributed by atoms with Crippen molar-refractivity contribution in [2.75, 3.05) is 11.6 Å². The number of halogens is 1. The van der Waals surface area contributed by atoms with E-state index < -0.39 is 0 Å². The number of aromatic nitrogens is 2. The van der Waals surface area contributed by atoms with Crippen LogP contribution in [-0.4, -0.2) is 27.5 Å². The van der Waals surface area contributed by atoms with Crippen molar-refractivity contribution in [2.45, 2.75) is 24.1 Å². The van der Waals surface area contributed by atoms with Gasteiger partial charge in [0.1, 0.15) is 11.0 Å². The van der Waals surface area contributed by atoms with E-state index in [-0.39, 0.29) is 0 Å². The molecule has 2 rings (SSSR count). The van der Waals surface area contributed by atoms with Gasteiger partial charge in [-0.3, -0.25) is 4.98 Å². The van der Waals surface area contributed by atoms with Crippen molar-refractivity contribution in [1.82, 2.24) is 9.97 Å². The molecule has 1 aromatic rings. The van der Waals surface area contributed by atoms with Crippen LogP contribution >= 0.6 is 23.4 Å². The van der Waals surface area contributed by atoms with E-state index in [4.69, 9.17) is 11.6 Å². The molecule has 14 heavy (non-hydrogen) atoms. The molecule has 0 aromatic carbocycles. The van der Waals surface area contributed by atoms with Gasteiger partial charge in [0, 0.05) is 11.3 Å². The third kappa shape index (κ3) is 2.12. The molecule has 1 N–H and O–H groups in total. The standard InChI is InChI=1S/C9H12ClN3S/c1-14-7-3-2-6(7)12-9-5-11-4-8(10)13-9/h4-7H,2-3H2,1H3,(H,12,13). The molecule has 1 aromatic heterocycles. The van der Waals surface area contributed by atoms with E-state index in [0.29, 0.717) is 16.4 Å². The molecule has 2 unspecified atom stereocenters. The fourth-order valence-electron chi connectivity index (χ4n) is 1.52. The lowest BCUT2D eigenvalue weighted by Crippen LogP contribution is -2.40. The molecule has 0 radical (unpaired) electrons. The zero-order valence-electron chi connectivity index (χ0n) is 7.90. The maximum Gasteiger partial charge on any atom is 0.149 e. The number of hydrogen-bond acceptors (Lipinski definition) is 4. The summed E-state index contributed by atoms with van der Waals surface area (Å²) in [6.45, 7) is 0. The highest BCUT2D eigenvalue weighted by Gasteiger charge is 2.30. The highest BCUT2D eigenvalue weighted by atomic mass is 35.5. The fraction of sp³-hybridized carbons (Fsp3) is 0.556. The Morgan fingerprint density at radius 1 is 1.50 bits per heavy atom. The molecule has 1 saturated carbocycles. The maximum absolute atomic E-state index is 5.74. The van der Waals surface area contributed by atoms with Crippen LogP contribution in [0.2, 0.25) is 5.15 Å². The molecule has 0 saturated heterocycles. The molecule has 0 bridgehead atoms. The second-order valence-corrected chi connectivity index (χ2v) is 4.79. The highest BCUT2D eigenvalue weighted by Crippen LogP contribution is 2.32. The Morgan fingerprint density at radius 3 is 2.93 bits per heavy atom. The Labute approximate surface area is 92.7 Å². The smallest absolute Gasteiger partial charge is 0.149 e. The topological polar surface area (TPSA) is 37.8 Å². The molecule has 2 atom stereocenters. The Kier molecular flexibility index (Phi) is 3.13. The van der Waals surface area contributed by atoms with Crippen LogP contribution in [0.25, 0.3) is 0 Å². The van der Waals surface area contributed by atoms with Crippen LogP contribution in [0.5, 0.6) is 0 Å². The van der Waals surface area contributed by atoms with Gasteiger partial charge in [-0.1, -0.05) is 11.6 Å². The summed E-state index contributed by atoms with van der Waals surface area (Å²) < 4.78 is 0. The van der Waals surface area contributed by atoms with Crippen molar-refractivity contribution in [3.63, 3.8) is 0 Å². The summed E-state index contributed by atoms with van der Waals surface area (Å²) in [5, 5.41) is 4.49. The molecule has 1 aliphatic carbocycles. The summed E-state index contributed by atoms with van der Waals surface area (Å²) in [6, 6.07) is 0.526. The van der Waals surface area contributed by atoms with Crippen LogP contribution in [0.1, 0.15) is 12.8 Å². The third-order valence-electron chi connectivity index (χ3n) is 2.45. The zero-order chi connectivity index (χ0) is 9.97. The van der Waals surface area contributed by atoms with Crippen molar-refractivity contribution >= 4 is 29.2 Å². The molecular formula is C9H12ClN3S. The number of nitrogens with one attached hydrogen (secondary N) is 1.